The molecule has 0 saturated heterocycles. The van der Waals surface area contributed by atoms with E-state index in [1.165, 1.54) is 0 Å². The lowest BCUT2D eigenvalue weighted by atomic mass is 10.2. The van der Waals surface area contributed by atoms with Gasteiger partial charge in [-0.15, -0.1) is 11.8 Å². The summed E-state index contributed by atoms with van der Waals surface area (Å²) in [5.41, 5.74) is 0. The predicted octanol–water partition coefficient (Wildman–Crippen LogP) is 2.69. The average molecular weight is 254 g/mol. The maximum atomic E-state index is 11.1. The molecule has 0 aliphatic rings. The van der Waals surface area contributed by atoms with E-state index in [1.807, 2.05) is 13.0 Å². The van der Waals surface area contributed by atoms with Crippen molar-refractivity contribution in [1.29, 1.82) is 0 Å². The molecule has 0 N–H and O–H groups in total. The van der Waals surface area contributed by atoms with Crippen molar-refractivity contribution >= 4 is 17.7 Å². The Bertz CT molecular complexity index is 320. The third-order valence-corrected chi connectivity index (χ3v) is 3.17. The quantitative estimate of drug-likeness (QED) is 0.309. The minimum Gasteiger partial charge on any atom is -0.466 e. The number of unbranched alkanes of at least 4 members (excludes halogenated alkanes) is 2. The van der Waals surface area contributed by atoms with Gasteiger partial charge in [-0.1, -0.05) is 6.42 Å². The molecule has 0 amide bonds. The van der Waals surface area contributed by atoms with Crippen LogP contribution in [0.15, 0.2) is 23.6 Å². The summed E-state index contributed by atoms with van der Waals surface area (Å²) in [4.78, 5) is 19.0. The van der Waals surface area contributed by atoms with Crippen LogP contribution in [-0.4, -0.2) is 28.3 Å². The lowest BCUT2D eigenvalue weighted by Gasteiger charge is -2.02. The Kier molecular flexibility index (Phi) is 7.38. The zero-order valence-electron chi connectivity index (χ0n) is 10.1. The highest BCUT2D eigenvalue weighted by Gasteiger charge is 2.01. The second-order valence-electron chi connectivity index (χ2n) is 3.51. The molecule has 0 aliphatic carbocycles. The average Bonchev–Trinajstić information content (AvgIpc) is 2.35. The Hall–Kier alpha value is -1.10. The van der Waals surface area contributed by atoms with E-state index in [0.29, 0.717) is 13.0 Å². The minimum atomic E-state index is -0.0871. The second-order valence-corrected chi connectivity index (χ2v) is 4.63. The lowest BCUT2D eigenvalue weighted by molar-refractivity contribution is -0.143. The summed E-state index contributed by atoms with van der Waals surface area (Å²) in [7, 11) is 0. The Labute approximate surface area is 106 Å². The first-order chi connectivity index (χ1) is 8.33. The number of carbonyl (C=O) groups is 1. The number of ether oxygens (including phenoxy) is 1. The van der Waals surface area contributed by atoms with Crippen molar-refractivity contribution in [3.05, 3.63) is 18.6 Å². The minimum absolute atomic E-state index is 0.0871. The molecule has 5 heteroatoms. The van der Waals surface area contributed by atoms with E-state index in [2.05, 4.69) is 9.97 Å². The first-order valence-electron chi connectivity index (χ1n) is 5.87. The fourth-order valence-corrected chi connectivity index (χ4v) is 2.16. The number of nitrogens with zero attached hydrogens (tertiary/aromatic N) is 2. The van der Waals surface area contributed by atoms with Gasteiger partial charge in [-0.3, -0.25) is 4.79 Å². The standard InChI is InChI=1S/C12H18N2O2S/c1-2-16-12(15)6-4-3-5-9-17-11-7-8-13-10-14-11/h7-8,10H,2-6,9H2,1H3. The molecule has 0 aliphatic heterocycles. The van der Waals surface area contributed by atoms with Gasteiger partial charge >= 0.3 is 5.97 Å². The second kappa shape index (κ2) is 8.98. The Morgan fingerprint density at radius 3 is 3.00 bits per heavy atom. The summed E-state index contributed by atoms with van der Waals surface area (Å²) in [5, 5.41) is 1.00. The van der Waals surface area contributed by atoms with E-state index in [0.717, 1.165) is 30.0 Å². The molecule has 0 bridgehead atoms. The molecule has 94 valence electrons. The maximum absolute atomic E-state index is 11.1. The van der Waals surface area contributed by atoms with Gasteiger partial charge in [-0.05, 0) is 31.6 Å². The Morgan fingerprint density at radius 1 is 1.41 bits per heavy atom. The normalized spacial score (nSPS) is 10.2. The lowest BCUT2D eigenvalue weighted by Crippen LogP contribution is -2.03. The van der Waals surface area contributed by atoms with Gasteiger partial charge in [-0.25, -0.2) is 9.97 Å². The van der Waals surface area contributed by atoms with Crippen LogP contribution >= 0.6 is 11.8 Å². The summed E-state index contributed by atoms with van der Waals surface area (Å²) in [6.45, 7) is 2.30. The predicted molar refractivity (Wildman–Crippen MR) is 67.9 cm³/mol. The van der Waals surface area contributed by atoms with E-state index in [-0.39, 0.29) is 5.97 Å². The molecule has 1 aromatic heterocycles. The van der Waals surface area contributed by atoms with Crippen molar-refractivity contribution in [1.82, 2.24) is 9.97 Å². The first kappa shape index (κ1) is 14.0. The first-order valence-corrected chi connectivity index (χ1v) is 6.86. The number of rotatable bonds is 8. The van der Waals surface area contributed by atoms with Gasteiger partial charge in [0.05, 0.1) is 11.6 Å². The highest BCUT2D eigenvalue weighted by atomic mass is 32.2. The molecular formula is C12H18N2O2S. The van der Waals surface area contributed by atoms with E-state index in [9.17, 15) is 4.79 Å². The van der Waals surface area contributed by atoms with Gasteiger partial charge in [0.15, 0.2) is 0 Å². The van der Waals surface area contributed by atoms with Crippen LogP contribution in [0.3, 0.4) is 0 Å². The van der Waals surface area contributed by atoms with Crippen molar-refractivity contribution in [2.45, 2.75) is 37.6 Å². The summed E-state index contributed by atoms with van der Waals surface area (Å²) < 4.78 is 4.86. The topological polar surface area (TPSA) is 52.1 Å². The monoisotopic (exact) mass is 254 g/mol. The van der Waals surface area contributed by atoms with Crippen LogP contribution in [0.25, 0.3) is 0 Å². The summed E-state index contributed by atoms with van der Waals surface area (Å²) in [6.07, 6.45) is 6.89. The molecule has 1 aromatic rings. The van der Waals surface area contributed by atoms with Crippen molar-refractivity contribution in [2.24, 2.45) is 0 Å². The smallest absolute Gasteiger partial charge is 0.305 e. The highest BCUT2D eigenvalue weighted by Crippen LogP contribution is 2.16. The van der Waals surface area contributed by atoms with Crippen LogP contribution in [-0.2, 0) is 9.53 Å². The van der Waals surface area contributed by atoms with Gasteiger partial charge in [0.1, 0.15) is 6.33 Å². The van der Waals surface area contributed by atoms with E-state index < -0.39 is 0 Å². The zero-order valence-corrected chi connectivity index (χ0v) is 10.9. The Morgan fingerprint density at radius 2 is 2.29 bits per heavy atom. The number of carbonyl (C=O) groups excluding carboxylic acids is 1. The summed E-state index contributed by atoms with van der Waals surface area (Å²) >= 11 is 1.72. The summed E-state index contributed by atoms with van der Waals surface area (Å²) in [6, 6.07) is 1.91. The fraction of sp³-hybridized carbons (Fsp3) is 0.583. The number of thioether (sulfide) groups is 1. The van der Waals surface area contributed by atoms with Crippen LogP contribution in [0.1, 0.15) is 32.6 Å². The van der Waals surface area contributed by atoms with Gasteiger partial charge in [0.25, 0.3) is 0 Å². The molecule has 0 radical (unpaired) electrons. The van der Waals surface area contributed by atoms with Crippen molar-refractivity contribution in [3.8, 4) is 0 Å². The van der Waals surface area contributed by atoms with Crippen LogP contribution < -0.4 is 0 Å². The SMILES string of the molecule is CCOC(=O)CCCCCSc1ccncn1. The highest BCUT2D eigenvalue weighted by molar-refractivity contribution is 7.99. The van der Waals surface area contributed by atoms with Gasteiger partial charge in [0, 0.05) is 12.6 Å². The van der Waals surface area contributed by atoms with Crippen LogP contribution in [0.4, 0.5) is 0 Å². The largest absolute Gasteiger partial charge is 0.466 e. The third kappa shape index (κ3) is 6.94. The molecule has 0 fully saturated rings. The van der Waals surface area contributed by atoms with Crippen molar-refractivity contribution < 1.29 is 9.53 Å². The van der Waals surface area contributed by atoms with Gasteiger partial charge in [-0.2, -0.15) is 0 Å². The molecule has 1 heterocycles. The molecular weight excluding hydrogens is 236 g/mol. The van der Waals surface area contributed by atoms with Crippen molar-refractivity contribution in [3.63, 3.8) is 0 Å². The van der Waals surface area contributed by atoms with Crippen LogP contribution in [0.5, 0.6) is 0 Å². The van der Waals surface area contributed by atoms with Crippen LogP contribution in [0, 0.1) is 0 Å². The van der Waals surface area contributed by atoms with Crippen LogP contribution in [0.2, 0.25) is 0 Å². The number of aromatic nitrogens is 2. The Balaban J connectivity index is 1.96. The van der Waals surface area contributed by atoms with E-state index >= 15 is 0 Å². The number of hydrogen-bond donors (Lipinski definition) is 0. The molecule has 0 aromatic carbocycles. The zero-order chi connectivity index (χ0) is 12.3. The molecule has 0 atom stereocenters. The summed E-state index contributed by atoms with van der Waals surface area (Å²) in [5.74, 6) is 0.941. The third-order valence-electron chi connectivity index (χ3n) is 2.14. The van der Waals surface area contributed by atoms with Gasteiger partial charge in [0.2, 0.25) is 0 Å². The van der Waals surface area contributed by atoms with E-state index in [1.54, 1.807) is 24.3 Å². The number of hydrogen-bond acceptors (Lipinski definition) is 5. The van der Waals surface area contributed by atoms with E-state index in [4.69, 9.17) is 4.74 Å². The molecule has 1 rings (SSSR count). The molecule has 17 heavy (non-hydrogen) atoms. The molecule has 0 spiro atoms. The maximum Gasteiger partial charge on any atom is 0.305 e. The fourth-order valence-electron chi connectivity index (χ4n) is 1.32. The number of esters is 1. The molecule has 0 unspecified atom stereocenters. The van der Waals surface area contributed by atoms with Gasteiger partial charge < -0.3 is 4.74 Å². The molecule has 4 nitrogen and oxygen atoms in total. The van der Waals surface area contributed by atoms with Crippen molar-refractivity contribution in [2.75, 3.05) is 12.4 Å². The molecule has 0 saturated carbocycles.